The van der Waals surface area contributed by atoms with Crippen molar-refractivity contribution in [3.63, 3.8) is 0 Å². The Morgan fingerprint density at radius 1 is 1.24 bits per heavy atom. The molecule has 1 aromatic rings. The molecule has 0 radical (unpaired) electrons. The third-order valence-corrected chi connectivity index (χ3v) is 4.51. The first-order valence-corrected chi connectivity index (χ1v) is 8.24. The number of aryl methyl sites for hydroxylation is 1. The van der Waals surface area contributed by atoms with Crippen molar-refractivity contribution in [2.75, 3.05) is 13.1 Å². The number of rotatable bonds is 6. The maximum Gasteiger partial charge on any atom is 0.223 e. The quantitative estimate of drug-likeness (QED) is 0.872. The van der Waals surface area contributed by atoms with Crippen molar-refractivity contribution >= 4 is 5.91 Å². The molecule has 1 aliphatic heterocycles. The number of amides is 1. The van der Waals surface area contributed by atoms with E-state index in [1.807, 2.05) is 12.1 Å². The van der Waals surface area contributed by atoms with E-state index >= 15 is 0 Å². The van der Waals surface area contributed by atoms with Gasteiger partial charge >= 0.3 is 0 Å². The maximum atomic E-state index is 12.6. The summed E-state index contributed by atoms with van der Waals surface area (Å²) in [6.07, 6.45) is 11.2. The molecular weight excluding hydrogens is 262 g/mol. The van der Waals surface area contributed by atoms with Crippen LogP contribution in [0.3, 0.4) is 0 Å². The van der Waals surface area contributed by atoms with Crippen LogP contribution in [0, 0.1) is 0 Å². The Kier molecular flexibility index (Phi) is 4.86. The number of hydrogen-bond donors (Lipinski definition) is 1. The smallest absolute Gasteiger partial charge is 0.223 e. The molecule has 4 nitrogen and oxygen atoms in total. The first kappa shape index (κ1) is 14.5. The van der Waals surface area contributed by atoms with Crippen LogP contribution in [0.4, 0.5) is 0 Å². The molecule has 1 unspecified atom stereocenters. The van der Waals surface area contributed by atoms with Crippen molar-refractivity contribution in [2.45, 2.75) is 57.0 Å². The highest BCUT2D eigenvalue weighted by atomic mass is 16.2. The lowest BCUT2D eigenvalue weighted by Gasteiger charge is -2.31. The Morgan fingerprint density at radius 3 is 2.71 bits per heavy atom. The van der Waals surface area contributed by atoms with Crippen LogP contribution < -0.4 is 5.32 Å². The van der Waals surface area contributed by atoms with Crippen LogP contribution in [0.25, 0.3) is 0 Å². The molecule has 1 atom stereocenters. The first-order chi connectivity index (χ1) is 10.3. The highest BCUT2D eigenvalue weighted by Gasteiger charge is 2.33. The number of nitrogens with one attached hydrogen (secondary N) is 1. The topological polar surface area (TPSA) is 45.2 Å². The van der Waals surface area contributed by atoms with Crippen molar-refractivity contribution in [3.8, 4) is 0 Å². The summed E-state index contributed by atoms with van der Waals surface area (Å²) in [6.45, 7) is 2.01. The number of carbonyl (C=O) groups excluding carboxylic acids is 1. The van der Waals surface area contributed by atoms with Gasteiger partial charge in [-0.1, -0.05) is 6.42 Å². The van der Waals surface area contributed by atoms with Crippen LogP contribution in [-0.4, -0.2) is 41.0 Å². The zero-order valence-electron chi connectivity index (χ0n) is 12.6. The second-order valence-corrected chi connectivity index (χ2v) is 6.28. The Labute approximate surface area is 126 Å². The van der Waals surface area contributed by atoms with Crippen molar-refractivity contribution in [3.05, 3.63) is 30.1 Å². The molecule has 0 bridgehead atoms. The summed E-state index contributed by atoms with van der Waals surface area (Å²) in [5.74, 6) is 0.321. The lowest BCUT2D eigenvalue weighted by molar-refractivity contribution is -0.132. The molecular formula is C17H25N3O. The fourth-order valence-corrected chi connectivity index (χ4v) is 3.10. The van der Waals surface area contributed by atoms with Gasteiger partial charge in [-0.3, -0.25) is 9.78 Å². The minimum absolute atomic E-state index is 0.321. The zero-order chi connectivity index (χ0) is 14.5. The molecule has 1 aromatic heterocycles. The van der Waals surface area contributed by atoms with Crippen LogP contribution in [0.5, 0.6) is 0 Å². The summed E-state index contributed by atoms with van der Waals surface area (Å²) < 4.78 is 0. The predicted octanol–water partition coefficient (Wildman–Crippen LogP) is 2.15. The molecule has 2 aliphatic rings. The number of piperidine rings is 1. The zero-order valence-corrected chi connectivity index (χ0v) is 12.6. The standard InChI is InChI=1S/C17H25N3O/c21-17(7-4-14-8-11-18-12-9-14)20(16-5-6-16)13-15-3-1-2-10-19-15/h8-9,11-12,15-16,19H,1-7,10,13H2. The van der Waals surface area contributed by atoms with E-state index < -0.39 is 0 Å². The van der Waals surface area contributed by atoms with Gasteiger partial charge in [0.2, 0.25) is 5.91 Å². The lowest BCUT2D eigenvalue weighted by Crippen LogP contribution is -2.46. The van der Waals surface area contributed by atoms with Gasteiger partial charge in [-0.2, -0.15) is 0 Å². The van der Waals surface area contributed by atoms with Crippen molar-refractivity contribution in [2.24, 2.45) is 0 Å². The summed E-state index contributed by atoms with van der Waals surface area (Å²) in [4.78, 5) is 18.7. The fourth-order valence-electron chi connectivity index (χ4n) is 3.10. The van der Waals surface area contributed by atoms with Gasteiger partial charge in [-0.25, -0.2) is 0 Å². The van der Waals surface area contributed by atoms with E-state index in [0.29, 0.717) is 24.4 Å². The molecule has 1 saturated heterocycles. The van der Waals surface area contributed by atoms with Gasteiger partial charge in [0.25, 0.3) is 0 Å². The van der Waals surface area contributed by atoms with Crippen LogP contribution in [0.2, 0.25) is 0 Å². The SMILES string of the molecule is O=C(CCc1ccncc1)N(CC1CCCCN1)C1CC1. The molecule has 1 aliphatic carbocycles. The minimum Gasteiger partial charge on any atom is -0.338 e. The molecule has 3 rings (SSSR count). The van der Waals surface area contributed by atoms with Gasteiger partial charge in [0.15, 0.2) is 0 Å². The highest BCUT2D eigenvalue weighted by Crippen LogP contribution is 2.28. The third kappa shape index (κ3) is 4.27. The normalized spacial score (nSPS) is 22.0. The second kappa shape index (κ2) is 7.03. The number of hydrogen-bond acceptors (Lipinski definition) is 3. The largest absolute Gasteiger partial charge is 0.338 e. The molecule has 1 saturated carbocycles. The Balaban J connectivity index is 1.52. The molecule has 21 heavy (non-hydrogen) atoms. The number of aromatic nitrogens is 1. The molecule has 114 valence electrons. The van der Waals surface area contributed by atoms with Crippen molar-refractivity contribution < 1.29 is 4.79 Å². The summed E-state index contributed by atoms with van der Waals surface area (Å²) in [5, 5.41) is 3.56. The molecule has 1 N–H and O–H groups in total. The van der Waals surface area contributed by atoms with E-state index in [9.17, 15) is 4.79 Å². The average Bonchev–Trinajstić information content (AvgIpc) is 3.37. The molecule has 0 aromatic carbocycles. The van der Waals surface area contributed by atoms with Gasteiger partial charge in [0, 0.05) is 37.4 Å². The predicted molar refractivity (Wildman–Crippen MR) is 82.9 cm³/mol. The Morgan fingerprint density at radius 2 is 2.05 bits per heavy atom. The van der Waals surface area contributed by atoms with Crippen molar-refractivity contribution in [1.82, 2.24) is 15.2 Å². The molecule has 1 amide bonds. The molecule has 4 heteroatoms. The van der Waals surface area contributed by atoms with E-state index in [4.69, 9.17) is 0 Å². The van der Waals surface area contributed by atoms with E-state index in [2.05, 4.69) is 15.2 Å². The summed E-state index contributed by atoms with van der Waals surface area (Å²) in [6, 6.07) is 5.01. The van der Waals surface area contributed by atoms with E-state index in [1.165, 1.54) is 37.7 Å². The maximum absolute atomic E-state index is 12.6. The van der Waals surface area contributed by atoms with Crippen molar-refractivity contribution in [1.29, 1.82) is 0 Å². The fraction of sp³-hybridized carbons (Fsp3) is 0.647. The van der Waals surface area contributed by atoms with E-state index in [1.54, 1.807) is 12.4 Å². The van der Waals surface area contributed by atoms with Crippen LogP contribution in [0.1, 0.15) is 44.1 Å². The molecule has 2 heterocycles. The van der Waals surface area contributed by atoms with Gasteiger partial charge < -0.3 is 10.2 Å². The Hall–Kier alpha value is -1.42. The third-order valence-electron chi connectivity index (χ3n) is 4.51. The molecule has 2 fully saturated rings. The second-order valence-electron chi connectivity index (χ2n) is 6.28. The molecule has 0 spiro atoms. The summed E-state index contributed by atoms with van der Waals surface area (Å²) in [7, 11) is 0. The number of nitrogens with zero attached hydrogens (tertiary/aromatic N) is 2. The monoisotopic (exact) mass is 287 g/mol. The van der Waals surface area contributed by atoms with Gasteiger partial charge in [0.1, 0.15) is 0 Å². The summed E-state index contributed by atoms with van der Waals surface area (Å²) >= 11 is 0. The lowest BCUT2D eigenvalue weighted by atomic mass is 10.0. The van der Waals surface area contributed by atoms with Gasteiger partial charge in [-0.15, -0.1) is 0 Å². The number of carbonyl (C=O) groups is 1. The van der Waals surface area contributed by atoms with Gasteiger partial charge in [0.05, 0.1) is 0 Å². The van der Waals surface area contributed by atoms with E-state index in [-0.39, 0.29) is 0 Å². The highest BCUT2D eigenvalue weighted by molar-refractivity contribution is 5.77. The van der Waals surface area contributed by atoms with Crippen LogP contribution >= 0.6 is 0 Å². The van der Waals surface area contributed by atoms with Crippen LogP contribution in [-0.2, 0) is 11.2 Å². The number of pyridine rings is 1. The Bertz CT molecular complexity index is 452. The average molecular weight is 287 g/mol. The first-order valence-electron chi connectivity index (χ1n) is 8.24. The minimum atomic E-state index is 0.321. The van der Waals surface area contributed by atoms with Gasteiger partial charge in [-0.05, 0) is 56.3 Å². The van der Waals surface area contributed by atoms with Crippen LogP contribution in [0.15, 0.2) is 24.5 Å². The van der Waals surface area contributed by atoms with E-state index in [0.717, 1.165) is 19.5 Å². The summed E-state index contributed by atoms with van der Waals surface area (Å²) in [5.41, 5.74) is 1.20.